The van der Waals surface area contributed by atoms with Crippen molar-refractivity contribution in [2.24, 2.45) is 0 Å². The molecule has 2 rings (SSSR count). The highest BCUT2D eigenvalue weighted by atomic mass is 16.3. The Labute approximate surface area is 91.5 Å². The van der Waals surface area contributed by atoms with E-state index in [1.807, 2.05) is 25.2 Å². The minimum atomic E-state index is 0.0359. The van der Waals surface area contributed by atoms with Crippen molar-refractivity contribution in [3.05, 3.63) is 24.4 Å². The number of hydrogen-bond donors (Lipinski definition) is 2. The van der Waals surface area contributed by atoms with Crippen LogP contribution in [0.2, 0.25) is 0 Å². The number of anilines is 1. The zero-order chi connectivity index (χ0) is 10.9. The highest BCUT2D eigenvalue weighted by Crippen LogP contribution is 2.16. The first kappa shape index (κ1) is 12.0. The van der Waals surface area contributed by atoms with E-state index in [0.29, 0.717) is 0 Å². The van der Waals surface area contributed by atoms with Gasteiger partial charge in [0.25, 0.3) is 0 Å². The second kappa shape index (κ2) is 7.23. The van der Waals surface area contributed by atoms with Crippen molar-refractivity contribution < 1.29 is 5.11 Å². The number of aliphatic hydroxyl groups excluding tert-OH is 1. The van der Waals surface area contributed by atoms with Gasteiger partial charge in [0.2, 0.25) is 0 Å². The molecule has 3 heteroatoms. The van der Waals surface area contributed by atoms with Crippen LogP contribution in [0.5, 0.6) is 0 Å². The highest BCUT2D eigenvalue weighted by molar-refractivity contribution is 5.31. The number of nitrogens with zero attached hydrogens (tertiary/aromatic N) is 1. The van der Waals surface area contributed by atoms with Gasteiger partial charge in [-0.1, -0.05) is 25.3 Å². The molecule has 0 saturated heterocycles. The minimum Gasteiger partial charge on any atom is -0.393 e. The van der Waals surface area contributed by atoms with Crippen molar-refractivity contribution in [2.45, 2.75) is 38.2 Å². The maximum absolute atomic E-state index is 8.91. The molecule has 0 aliphatic heterocycles. The molecule has 0 radical (unpaired) electrons. The maximum Gasteiger partial charge on any atom is 0.125 e. The third-order valence-corrected chi connectivity index (χ3v) is 2.50. The predicted molar refractivity (Wildman–Crippen MR) is 62.9 cm³/mol. The number of nitrogens with one attached hydrogen (secondary N) is 1. The van der Waals surface area contributed by atoms with Crippen LogP contribution in [0.15, 0.2) is 24.4 Å². The zero-order valence-corrected chi connectivity index (χ0v) is 9.32. The van der Waals surface area contributed by atoms with Gasteiger partial charge in [-0.2, -0.15) is 0 Å². The fourth-order valence-corrected chi connectivity index (χ4v) is 1.59. The van der Waals surface area contributed by atoms with Crippen molar-refractivity contribution in [3.63, 3.8) is 0 Å². The number of pyridine rings is 1. The Bertz CT molecular complexity index is 245. The van der Waals surface area contributed by atoms with Crippen molar-refractivity contribution >= 4 is 5.82 Å². The summed E-state index contributed by atoms with van der Waals surface area (Å²) in [4.78, 5) is 3.99. The average molecular weight is 208 g/mol. The van der Waals surface area contributed by atoms with Crippen molar-refractivity contribution in [3.8, 4) is 0 Å². The summed E-state index contributed by atoms with van der Waals surface area (Å²) in [5.74, 6) is 0.910. The summed E-state index contributed by atoms with van der Waals surface area (Å²) in [6, 6.07) is 5.75. The van der Waals surface area contributed by atoms with Crippen LogP contribution in [-0.4, -0.2) is 23.2 Å². The number of rotatable bonds is 1. The summed E-state index contributed by atoms with van der Waals surface area (Å²) in [7, 11) is 1.85. The summed E-state index contributed by atoms with van der Waals surface area (Å²) in [6.07, 6.45) is 7.68. The van der Waals surface area contributed by atoms with Crippen LogP contribution in [-0.2, 0) is 0 Å². The van der Waals surface area contributed by atoms with E-state index in [9.17, 15) is 0 Å². The Morgan fingerprint density at radius 3 is 2.33 bits per heavy atom. The molecule has 0 amide bonds. The molecular formula is C12H20N2O. The van der Waals surface area contributed by atoms with Crippen molar-refractivity contribution in [2.75, 3.05) is 12.4 Å². The molecule has 0 unspecified atom stereocenters. The Morgan fingerprint density at radius 1 is 1.27 bits per heavy atom. The van der Waals surface area contributed by atoms with Gasteiger partial charge in [0.15, 0.2) is 0 Å². The molecule has 1 saturated carbocycles. The van der Waals surface area contributed by atoms with Crippen LogP contribution >= 0.6 is 0 Å². The summed E-state index contributed by atoms with van der Waals surface area (Å²) in [5.41, 5.74) is 0. The van der Waals surface area contributed by atoms with E-state index in [1.165, 1.54) is 19.3 Å². The first-order valence-electron chi connectivity index (χ1n) is 5.60. The van der Waals surface area contributed by atoms with Gasteiger partial charge in [0.05, 0.1) is 6.10 Å². The number of aliphatic hydroxyl groups is 1. The Hall–Kier alpha value is -1.09. The second-order valence-corrected chi connectivity index (χ2v) is 3.76. The molecule has 1 aromatic heterocycles. The molecule has 0 atom stereocenters. The second-order valence-electron chi connectivity index (χ2n) is 3.76. The van der Waals surface area contributed by atoms with Crippen LogP contribution in [0, 0.1) is 0 Å². The lowest BCUT2D eigenvalue weighted by Gasteiger charge is -2.14. The maximum atomic E-state index is 8.91. The fourth-order valence-electron chi connectivity index (χ4n) is 1.59. The normalized spacial score (nSPS) is 16.4. The molecule has 0 bridgehead atoms. The summed E-state index contributed by atoms with van der Waals surface area (Å²) < 4.78 is 0. The van der Waals surface area contributed by atoms with Crippen LogP contribution in [0.3, 0.4) is 0 Å². The fraction of sp³-hybridized carbons (Fsp3) is 0.583. The highest BCUT2D eigenvalue weighted by Gasteiger charge is 2.07. The monoisotopic (exact) mass is 208 g/mol. The van der Waals surface area contributed by atoms with E-state index in [0.717, 1.165) is 18.7 Å². The number of hydrogen-bond acceptors (Lipinski definition) is 3. The molecule has 1 aliphatic carbocycles. The first-order chi connectivity index (χ1) is 7.33. The molecule has 0 aromatic carbocycles. The third-order valence-electron chi connectivity index (χ3n) is 2.50. The first-order valence-corrected chi connectivity index (χ1v) is 5.60. The molecule has 1 aliphatic rings. The van der Waals surface area contributed by atoms with E-state index in [1.54, 1.807) is 6.20 Å². The van der Waals surface area contributed by atoms with Crippen LogP contribution in [0.25, 0.3) is 0 Å². The molecule has 15 heavy (non-hydrogen) atoms. The standard InChI is InChI=1S/C6H8N2.C6H12O/c1-7-6-4-2-3-5-8-6;7-6-4-2-1-3-5-6/h2-5H,1H3,(H,7,8);6-7H,1-5H2. The van der Waals surface area contributed by atoms with Gasteiger partial charge >= 0.3 is 0 Å². The van der Waals surface area contributed by atoms with E-state index >= 15 is 0 Å². The molecule has 1 aromatic rings. The van der Waals surface area contributed by atoms with Gasteiger partial charge in [-0.15, -0.1) is 0 Å². The predicted octanol–water partition coefficient (Wildman–Crippen LogP) is 2.43. The topological polar surface area (TPSA) is 45.2 Å². The van der Waals surface area contributed by atoms with E-state index < -0.39 is 0 Å². The third kappa shape index (κ3) is 5.37. The van der Waals surface area contributed by atoms with Crippen molar-refractivity contribution in [1.82, 2.24) is 4.98 Å². The Kier molecular flexibility index (Phi) is 5.78. The lowest BCUT2D eigenvalue weighted by molar-refractivity contribution is 0.130. The van der Waals surface area contributed by atoms with Gasteiger partial charge in [-0.3, -0.25) is 0 Å². The van der Waals surface area contributed by atoms with Gasteiger partial charge < -0.3 is 10.4 Å². The van der Waals surface area contributed by atoms with Gasteiger partial charge in [0, 0.05) is 13.2 Å². The molecule has 1 fully saturated rings. The number of aromatic nitrogens is 1. The van der Waals surface area contributed by atoms with E-state index in [4.69, 9.17) is 5.11 Å². The lowest BCUT2D eigenvalue weighted by atomic mass is 9.98. The molecule has 3 nitrogen and oxygen atoms in total. The van der Waals surface area contributed by atoms with Gasteiger partial charge in [-0.25, -0.2) is 4.98 Å². The van der Waals surface area contributed by atoms with E-state index in [-0.39, 0.29) is 6.10 Å². The smallest absolute Gasteiger partial charge is 0.125 e. The van der Waals surface area contributed by atoms with Crippen LogP contribution < -0.4 is 5.32 Å². The largest absolute Gasteiger partial charge is 0.393 e. The van der Waals surface area contributed by atoms with Gasteiger partial charge in [-0.05, 0) is 25.0 Å². The Balaban J connectivity index is 0.000000151. The molecule has 2 N–H and O–H groups in total. The van der Waals surface area contributed by atoms with Crippen molar-refractivity contribution in [1.29, 1.82) is 0 Å². The van der Waals surface area contributed by atoms with Crippen LogP contribution in [0.4, 0.5) is 5.82 Å². The summed E-state index contributed by atoms with van der Waals surface area (Å²) in [6.45, 7) is 0. The average Bonchev–Trinajstić information content (AvgIpc) is 2.32. The Morgan fingerprint density at radius 2 is 2.00 bits per heavy atom. The zero-order valence-electron chi connectivity index (χ0n) is 9.32. The SMILES string of the molecule is CNc1ccccn1.OC1CCCCC1. The lowest BCUT2D eigenvalue weighted by Crippen LogP contribution is -2.09. The molecular weight excluding hydrogens is 188 g/mol. The quantitative estimate of drug-likeness (QED) is 0.745. The summed E-state index contributed by atoms with van der Waals surface area (Å²) >= 11 is 0. The molecule has 84 valence electrons. The van der Waals surface area contributed by atoms with Crippen LogP contribution in [0.1, 0.15) is 32.1 Å². The molecule has 0 spiro atoms. The minimum absolute atomic E-state index is 0.0359. The van der Waals surface area contributed by atoms with Gasteiger partial charge in [0.1, 0.15) is 5.82 Å². The molecule has 1 heterocycles. The van der Waals surface area contributed by atoms with E-state index in [2.05, 4.69) is 10.3 Å². The summed E-state index contributed by atoms with van der Waals surface area (Å²) in [5, 5.41) is 11.8.